The zero-order valence-corrected chi connectivity index (χ0v) is 10.4. The van der Waals surface area contributed by atoms with E-state index in [1.165, 1.54) is 0 Å². The van der Waals surface area contributed by atoms with E-state index in [1.54, 1.807) is 0 Å². The molecule has 4 N–H and O–H groups in total. The Morgan fingerprint density at radius 1 is 1.00 bits per heavy atom. The normalized spacial score (nSPS) is 36.8. The van der Waals surface area contributed by atoms with Gasteiger partial charge in [-0.3, -0.25) is 0 Å². The van der Waals surface area contributed by atoms with E-state index in [4.69, 9.17) is 14.6 Å². The fourth-order valence-electron chi connectivity index (χ4n) is 1.86. The van der Waals surface area contributed by atoms with Gasteiger partial charge in [0.15, 0.2) is 6.29 Å². The van der Waals surface area contributed by atoms with Crippen molar-refractivity contribution in [2.45, 2.75) is 56.4 Å². The van der Waals surface area contributed by atoms with Gasteiger partial charge in [-0.1, -0.05) is 12.8 Å². The zero-order valence-electron chi connectivity index (χ0n) is 10.4. The molecule has 0 bridgehead atoms. The van der Waals surface area contributed by atoms with E-state index in [0.717, 1.165) is 25.7 Å². The smallest absolute Gasteiger partial charge is 0.186 e. The summed E-state index contributed by atoms with van der Waals surface area (Å²) >= 11 is 0. The molecule has 1 heterocycles. The van der Waals surface area contributed by atoms with Crippen molar-refractivity contribution < 1.29 is 29.9 Å². The average Bonchev–Trinajstić information content (AvgIpc) is 2.38. The van der Waals surface area contributed by atoms with Crippen LogP contribution < -0.4 is 0 Å². The first-order valence-corrected chi connectivity index (χ1v) is 6.33. The van der Waals surface area contributed by atoms with Crippen molar-refractivity contribution in [2.24, 2.45) is 0 Å². The van der Waals surface area contributed by atoms with Gasteiger partial charge in [-0.2, -0.15) is 6.42 Å². The number of unbranched alkanes of at least 4 members (excludes halogenated alkanes) is 3. The summed E-state index contributed by atoms with van der Waals surface area (Å²) in [5.41, 5.74) is 0. The van der Waals surface area contributed by atoms with E-state index in [9.17, 15) is 15.3 Å². The van der Waals surface area contributed by atoms with Crippen LogP contribution in [-0.4, -0.2) is 64.3 Å². The molecule has 1 aliphatic heterocycles. The van der Waals surface area contributed by atoms with Gasteiger partial charge in [0.25, 0.3) is 0 Å². The Morgan fingerprint density at radius 2 is 1.72 bits per heavy atom. The van der Waals surface area contributed by atoms with Gasteiger partial charge in [-0.15, -0.1) is 0 Å². The molecule has 0 amide bonds. The molecule has 0 spiro atoms. The van der Waals surface area contributed by atoms with Crippen LogP contribution in [0.4, 0.5) is 0 Å². The van der Waals surface area contributed by atoms with Gasteiger partial charge in [0.1, 0.15) is 24.4 Å². The highest BCUT2D eigenvalue weighted by Crippen LogP contribution is 2.22. The fourth-order valence-corrected chi connectivity index (χ4v) is 1.86. The van der Waals surface area contributed by atoms with E-state index in [-0.39, 0.29) is 0 Å². The molecule has 1 fully saturated rings. The molecule has 0 radical (unpaired) electrons. The Balaban J connectivity index is 2.35. The molecule has 18 heavy (non-hydrogen) atoms. The van der Waals surface area contributed by atoms with Gasteiger partial charge >= 0.3 is 0 Å². The lowest BCUT2D eigenvalue weighted by Gasteiger charge is -2.39. The van der Waals surface area contributed by atoms with Crippen LogP contribution in [0, 0.1) is 6.92 Å². The van der Waals surface area contributed by atoms with E-state index in [0.29, 0.717) is 6.61 Å². The molecule has 6 nitrogen and oxygen atoms in total. The number of rotatable bonds is 7. The highest BCUT2D eigenvalue weighted by molar-refractivity contribution is 4.88. The molecule has 108 valence electrons. The quantitative estimate of drug-likeness (QED) is 0.354. The van der Waals surface area contributed by atoms with E-state index >= 15 is 0 Å². The highest BCUT2D eigenvalue weighted by Gasteiger charge is 2.43. The molecule has 0 unspecified atom stereocenters. The lowest BCUT2D eigenvalue weighted by Crippen LogP contribution is -2.59. The van der Waals surface area contributed by atoms with Crippen molar-refractivity contribution in [3.8, 4) is 0 Å². The monoisotopic (exact) mass is 263 g/mol. The lowest BCUT2D eigenvalue weighted by atomic mass is 9.99. The summed E-state index contributed by atoms with van der Waals surface area (Å²) in [6.07, 6.45) is -2.27. The van der Waals surface area contributed by atoms with Crippen LogP contribution >= 0.6 is 0 Å². The van der Waals surface area contributed by atoms with Gasteiger partial charge in [-0.05, 0) is 6.42 Å². The first-order valence-electron chi connectivity index (χ1n) is 6.33. The predicted molar refractivity (Wildman–Crippen MR) is 63.5 cm³/mol. The maximum absolute atomic E-state index is 9.67. The minimum absolute atomic E-state index is 0.392. The third-order valence-electron chi connectivity index (χ3n) is 3.02. The Hall–Kier alpha value is -0.240. The summed E-state index contributed by atoms with van der Waals surface area (Å²) < 4.78 is 10.5. The molecule has 0 saturated carbocycles. The number of aliphatic hydroxyl groups excluding tert-OH is 4. The van der Waals surface area contributed by atoms with Crippen molar-refractivity contribution in [2.75, 3.05) is 13.2 Å². The van der Waals surface area contributed by atoms with Crippen LogP contribution in [0.3, 0.4) is 0 Å². The summed E-state index contributed by atoms with van der Waals surface area (Å²) in [4.78, 5) is 0. The van der Waals surface area contributed by atoms with E-state index < -0.39 is 37.3 Å². The van der Waals surface area contributed by atoms with Crippen molar-refractivity contribution >= 4 is 0 Å². The molecule has 1 rings (SSSR count). The van der Waals surface area contributed by atoms with Crippen molar-refractivity contribution in [1.82, 2.24) is 0 Å². The third kappa shape index (κ3) is 4.15. The van der Waals surface area contributed by atoms with Crippen LogP contribution in [-0.2, 0) is 9.47 Å². The second-order valence-electron chi connectivity index (χ2n) is 4.48. The van der Waals surface area contributed by atoms with Gasteiger partial charge in [0.05, 0.1) is 6.61 Å². The Kier molecular flexibility index (Phi) is 7.06. The maximum atomic E-state index is 9.67. The van der Waals surface area contributed by atoms with Crippen molar-refractivity contribution in [3.63, 3.8) is 0 Å². The second kappa shape index (κ2) is 8.04. The topological polar surface area (TPSA) is 99.4 Å². The third-order valence-corrected chi connectivity index (χ3v) is 3.02. The van der Waals surface area contributed by atoms with Crippen LogP contribution in [0.25, 0.3) is 0 Å². The molecular formula is C12H23O6-. The maximum Gasteiger partial charge on any atom is 0.186 e. The Labute approximate surface area is 107 Å². The molecular weight excluding hydrogens is 240 g/mol. The van der Waals surface area contributed by atoms with Crippen LogP contribution in [0.2, 0.25) is 0 Å². The van der Waals surface area contributed by atoms with E-state index in [1.807, 2.05) is 0 Å². The molecule has 0 aromatic carbocycles. The standard InChI is InChI=1S/C12H23O6/c1-2-3-4-5-6-17-12-11(16)10(15)9(14)8(7-13)18-12/h8-16H,1-7H2/q-1/t8-,9-,10+,11-,12-/m1/s1. The molecule has 0 aromatic rings. The molecule has 1 aliphatic rings. The van der Waals surface area contributed by atoms with Crippen molar-refractivity contribution in [3.05, 3.63) is 6.92 Å². The van der Waals surface area contributed by atoms with Gasteiger partial charge < -0.3 is 36.8 Å². The largest absolute Gasteiger partial charge is 0.394 e. The number of hydrogen-bond donors (Lipinski definition) is 4. The SMILES string of the molecule is [CH2-]CCCCCO[C@@H]1O[C@H](CO)[C@@H](O)[C@H](O)[C@H]1O. The van der Waals surface area contributed by atoms with E-state index in [2.05, 4.69) is 6.92 Å². The molecule has 0 aromatic heterocycles. The molecule has 6 heteroatoms. The summed E-state index contributed by atoms with van der Waals surface area (Å²) in [5.74, 6) is 0. The van der Waals surface area contributed by atoms with Crippen LogP contribution in [0.1, 0.15) is 25.7 Å². The summed E-state index contributed by atoms with van der Waals surface area (Å²) in [6.45, 7) is 3.68. The summed E-state index contributed by atoms with van der Waals surface area (Å²) in [6, 6.07) is 0. The number of ether oxygens (including phenoxy) is 2. The zero-order chi connectivity index (χ0) is 13.5. The molecule has 1 saturated heterocycles. The van der Waals surface area contributed by atoms with Gasteiger partial charge in [0.2, 0.25) is 0 Å². The second-order valence-corrected chi connectivity index (χ2v) is 4.48. The Morgan fingerprint density at radius 3 is 2.33 bits per heavy atom. The van der Waals surface area contributed by atoms with Gasteiger partial charge in [-0.25, -0.2) is 0 Å². The van der Waals surface area contributed by atoms with Crippen LogP contribution in [0.5, 0.6) is 0 Å². The predicted octanol–water partition coefficient (Wildman–Crippen LogP) is -0.803. The van der Waals surface area contributed by atoms with Crippen LogP contribution in [0.15, 0.2) is 0 Å². The molecule has 5 atom stereocenters. The minimum Gasteiger partial charge on any atom is -0.394 e. The van der Waals surface area contributed by atoms with Gasteiger partial charge in [0, 0.05) is 6.61 Å². The first kappa shape index (κ1) is 15.8. The summed E-state index contributed by atoms with van der Waals surface area (Å²) in [5, 5.41) is 37.7. The fraction of sp³-hybridized carbons (Fsp3) is 0.917. The average molecular weight is 263 g/mol. The summed E-state index contributed by atoms with van der Waals surface area (Å²) in [7, 11) is 0. The molecule has 0 aliphatic carbocycles. The number of aliphatic hydroxyl groups is 4. The lowest BCUT2D eigenvalue weighted by molar-refractivity contribution is -0.301. The Bertz CT molecular complexity index is 223. The number of hydrogen-bond acceptors (Lipinski definition) is 6. The van der Waals surface area contributed by atoms with Crippen molar-refractivity contribution in [1.29, 1.82) is 0 Å². The first-order chi connectivity index (χ1) is 8.61. The minimum atomic E-state index is -1.37. The highest BCUT2D eigenvalue weighted by atomic mass is 16.7.